The van der Waals surface area contributed by atoms with Crippen LogP contribution in [0.4, 0.5) is 0 Å². The van der Waals surface area contributed by atoms with Gasteiger partial charge in [-0.1, -0.05) is 0 Å². The lowest BCUT2D eigenvalue weighted by Gasteiger charge is -2.27. The third-order valence-corrected chi connectivity index (χ3v) is 5.68. The molecule has 19 heavy (non-hydrogen) atoms. The molecule has 1 aromatic rings. The largest absolute Gasteiger partial charge is 0.378 e. The van der Waals surface area contributed by atoms with Gasteiger partial charge < -0.3 is 10.1 Å². The first-order valence-electron chi connectivity index (χ1n) is 6.37. The lowest BCUT2D eigenvalue weighted by atomic mass is 10.1. The molecule has 108 valence electrons. The first-order valence-corrected chi connectivity index (χ1v) is 8.73. The van der Waals surface area contributed by atoms with Gasteiger partial charge in [-0.3, -0.25) is 0 Å². The highest BCUT2D eigenvalue weighted by Crippen LogP contribution is 2.21. The van der Waals surface area contributed by atoms with Gasteiger partial charge in [0.1, 0.15) is 0 Å². The second kappa shape index (κ2) is 6.32. The van der Waals surface area contributed by atoms with Crippen molar-refractivity contribution in [1.29, 1.82) is 0 Å². The van der Waals surface area contributed by atoms with Gasteiger partial charge in [-0.25, -0.2) is 13.1 Å². The van der Waals surface area contributed by atoms with E-state index in [-0.39, 0.29) is 12.1 Å². The Kier molecular flexibility index (Phi) is 4.97. The molecule has 1 aliphatic heterocycles. The molecule has 0 amide bonds. The van der Waals surface area contributed by atoms with Crippen LogP contribution in [0.1, 0.15) is 24.6 Å². The molecule has 2 unspecified atom stereocenters. The van der Waals surface area contributed by atoms with Gasteiger partial charge in [0.25, 0.3) is 0 Å². The molecule has 0 bridgehead atoms. The van der Waals surface area contributed by atoms with E-state index in [1.807, 2.05) is 14.0 Å². The van der Waals surface area contributed by atoms with Crippen LogP contribution in [0.2, 0.25) is 0 Å². The average molecular weight is 304 g/mol. The molecule has 2 rings (SSSR count). The zero-order valence-electron chi connectivity index (χ0n) is 11.2. The Balaban J connectivity index is 2.04. The Hall–Kier alpha value is -0.470. The second-order valence-corrected chi connectivity index (χ2v) is 7.51. The molecule has 2 heterocycles. The summed E-state index contributed by atoms with van der Waals surface area (Å²) in [5, 5.41) is 4.71. The Morgan fingerprint density at radius 1 is 1.53 bits per heavy atom. The maximum Gasteiger partial charge on any atom is 0.241 e. The Bertz CT molecular complexity index is 513. The Morgan fingerprint density at radius 2 is 2.32 bits per heavy atom. The van der Waals surface area contributed by atoms with Crippen molar-refractivity contribution in [3.63, 3.8) is 0 Å². The van der Waals surface area contributed by atoms with Crippen molar-refractivity contribution in [3.8, 4) is 0 Å². The van der Waals surface area contributed by atoms with Gasteiger partial charge >= 0.3 is 0 Å². The summed E-state index contributed by atoms with van der Waals surface area (Å²) in [5.41, 5.74) is 0. The molecule has 1 fully saturated rings. The molecule has 0 saturated carbocycles. The zero-order valence-corrected chi connectivity index (χ0v) is 12.8. The highest BCUT2D eigenvalue weighted by molar-refractivity contribution is 7.89. The summed E-state index contributed by atoms with van der Waals surface area (Å²) in [6, 6.07) is 1.70. The zero-order chi connectivity index (χ0) is 13.9. The van der Waals surface area contributed by atoms with E-state index >= 15 is 0 Å². The summed E-state index contributed by atoms with van der Waals surface area (Å²) in [4.78, 5) is 1.38. The van der Waals surface area contributed by atoms with Gasteiger partial charge in [-0.05, 0) is 32.9 Å². The van der Waals surface area contributed by atoms with Crippen LogP contribution in [0.3, 0.4) is 0 Å². The van der Waals surface area contributed by atoms with Crippen LogP contribution < -0.4 is 10.0 Å². The van der Waals surface area contributed by atoms with Crippen molar-refractivity contribution < 1.29 is 13.2 Å². The molecular formula is C12H20N2O3S2. The predicted octanol–water partition coefficient (Wildman–Crippen LogP) is 1.31. The summed E-state index contributed by atoms with van der Waals surface area (Å²) in [7, 11) is -1.56. The molecule has 2 atom stereocenters. The minimum atomic E-state index is -3.40. The summed E-state index contributed by atoms with van der Waals surface area (Å²) in [6.07, 6.45) is 1.58. The van der Waals surface area contributed by atoms with Crippen LogP contribution in [0, 0.1) is 0 Å². The summed E-state index contributed by atoms with van der Waals surface area (Å²) < 4.78 is 32.7. The fraction of sp³-hybridized carbons (Fsp3) is 0.667. The maximum absolute atomic E-state index is 12.3. The molecule has 0 aromatic carbocycles. The Labute approximate surface area is 118 Å². The van der Waals surface area contributed by atoms with E-state index in [1.165, 1.54) is 11.3 Å². The first kappa shape index (κ1) is 14.9. The fourth-order valence-electron chi connectivity index (χ4n) is 2.16. The number of sulfonamides is 1. The molecule has 2 N–H and O–H groups in total. The standard InChI is InChI=1S/C12H20N2O3S2/c1-9-5-10(3-4-17-9)14-19(15,16)12-6-11(7-13-2)18-8-12/h6,8-10,13-14H,3-5,7H2,1-2H3. The summed E-state index contributed by atoms with van der Waals surface area (Å²) >= 11 is 1.46. The van der Waals surface area contributed by atoms with Crippen molar-refractivity contribution >= 4 is 21.4 Å². The predicted molar refractivity (Wildman–Crippen MR) is 75.8 cm³/mol. The molecule has 1 aliphatic rings. The summed E-state index contributed by atoms with van der Waals surface area (Å²) in [6.45, 7) is 3.27. The topological polar surface area (TPSA) is 67.4 Å². The van der Waals surface area contributed by atoms with Gasteiger partial charge in [-0.15, -0.1) is 11.3 Å². The molecule has 5 nitrogen and oxygen atoms in total. The molecular weight excluding hydrogens is 284 g/mol. The molecule has 0 spiro atoms. The monoisotopic (exact) mass is 304 g/mol. The first-order chi connectivity index (χ1) is 9.01. The SMILES string of the molecule is CNCc1cc(S(=O)(=O)NC2CCOC(C)C2)cs1. The number of hydrogen-bond donors (Lipinski definition) is 2. The van der Waals surface area contributed by atoms with Crippen LogP contribution in [0.25, 0.3) is 0 Å². The van der Waals surface area contributed by atoms with E-state index in [2.05, 4.69) is 10.0 Å². The van der Waals surface area contributed by atoms with Crippen LogP contribution >= 0.6 is 11.3 Å². The molecule has 7 heteroatoms. The highest BCUT2D eigenvalue weighted by Gasteiger charge is 2.25. The van der Waals surface area contributed by atoms with Gasteiger partial charge in [-0.2, -0.15) is 0 Å². The van der Waals surface area contributed by atoms with E-state index in [4.69, 9.17) is 4.74 Å². The van der Waals surface area contributed by atoms with Crippen molar-refractivity contribution in [2.75, 3.05) is 13.7 Å². The van der Waals surface area contributed by atoms with Crippen molar-refractivity contribution in [1.82, 2.24) is 10.0 Å². The molecule has 0 aliphatic carbocycles. The highest BCUT2D eigenvalue weighted by atomic mass is 32.2. The molecule has 1 saturated heterocycles. The van der Waals surface area contributed by atoms with Gasteiger partial charge in [0.05, 0.1) is 11.0 Å². The van der Waals surface area contributed by atoms with Crippen molar-refractivity contribution in [2.24, 2.45) is 0 Å². The van der Waals surface area contributed by atoms with Gasteiger partial charge in [0.2, 0.25) is 10.0 Å². The van der Waals surface area contributed by atoms with Crippen molar-refractivity contribution in [3.05, 3.63) is 16.3 Å². The smallest absolute Gasteiger partial charge is 0.241 e. The fourth-order valence-corrected chi connectivity index (χ4v) is 4.73. The molecule has 0 radical (unpaired) electrons. The maximum atomic E-state index is 12.3. The van der Waals surface area contributed by atoms with E-state index < -0.39 is 10.0 Å². The minimum absolute atomic E-state index is 0.0265. The van der Waals surface area contributed by atoms with E-state index in [0.717, 1.165) is 17.7 Å². The van der Waals surface area contributed by atoms with Gasteiger partial charge in [0, 0.05) is 29.5 Å². The number of ether oxygens (including phenoxy) is 1. The van der Waals surface area contributed by atoms with E-state index in [9.17, 15) is 8.42 Å². The van der Waals surface area contributed by atoms with Gasteiger partial charge in [0.15, 0.2) is 0 Å². The van der Waals surface area contributed by atoms with E-state index in [1.54, 1.807) is 11.4 Å². The van der Waals surface area contributed by atoms with Crippen molar-refractivity contribution in [2.45, 2.75) is 43.4 Å². The third-order valence-electron chi connectivity index (χ3n) is 3.10. The normalized spacial score (nSPS) is 24.5. The molecule has 1 aromatic heterocycles. The average Bonchev–Trinajstić information content (AvgIpc) is 2.78. The van der Waals surface area contributed by atoms with Crippen LogP contribution in [0.15, 0.2) is 16.3 Å². The third kappa shape index (κ3) is 4.00. The van der Waals surface area contributed by atoms with Crippen LogP contribution in [-0.4, -0.2) is 34.2 Å². The Morgan fingerprint density at radius 3 is 3.00 bits per heavy atom. The van der Waals surface area contributed by atoms with Crippen LogP contribution in [-0.2, 0) is 21.3 Å². The number of thiophene rings is 1. The second-order valence-electron chi connectivity index (χ2n) is 4.80. The summed E-state index contributed by atoms with van der Waals surface area (Å²) in [5.74, 6) is 0. The lowest BCUT2D eigenvalue weighted by Crippen LogP contribution is -2.41. The number of hydrogen-bond acceptors (Lipinski definition) is 5. The minimum Gasteiger partial charge on any atom is -0.378 e. The quantitative estimate of drug-likeness (QED) is 0.861. The van der Waals surface area contributed by atoms with Crippen LogP contribution in [0.5, 0.6) is 0 Å². The lowest BCUT2D eigenvalue weighted by molar-refractivity contribution is 0.0173. The number of nitrogens with one attached hydrogen (secondary N) is 2. The number of rotatable bonds is 5. The van der Waals surface area contributed by atoms with E-state index in [0.29, 0.717) is 18.0 Å².